The van der Waals surface area contributed by atoms with E-state index >= 15 is 0 Å². The van der Waals surface area contributed by atoms with E-state index in [0.717, 1.165) is 18.2 Å². The summed E-state index contributed by atoms with van der Waals surface area (Å²) in [5.74, 6) is -1.49. The van der Waals surface area contributed by atoms with Crippen molar-refractivity contribution in [2.45, 2.75) is 6.92 Å². The highest BCUT2D eigenvalue weighted by atomic mass is 19.1. The summed E-state index contributed by atoms with van der Waals surface area (Å²) in [6, 6.07) is 3.21. The minimum Gasteiger partial charge on any atom is -0.507 e. The summed E-state index contributed by atoms with van der Waals surface area (Å²) >= 11 is 0. The molecule has 2 N–H and O–H groups in total. The second kappa shape index (κ2) is 6.84. The highest BCUT2D eigenvalue weighted by molar-refractivity contribution is 6.00. The van der Waals surface area contributed by atoms with Gasteiger partial charge in [-0.05, 0) is 24.7 Å². The molecule has 0 heterocycles. The Bertz CT molecular complexity index is 477. The molecule has 0 spiro atoms. The predicted molar refractivity (Wildman–Crippen MR) is 68.6 cm³/mol. The fraction of sp³-hybridized carbons (Fsp3) is 0.385. The van der Waals surface area contributed by atoms with Crippen LogP contribution in [0, 0.1) is 5.82 Å². The molecule has 0 aliphatic carbocycles. The van der Waals surface area contributed by atoms with Gasteiger partial charge in [0.05, 0.1) is 18.7 Å². The maximum Gasteiger partial charge on any atom is 0.233 e. The topological polar surface area (TPSA) is 69.6 Å². The molecule has 0 bridgehead atoms. The van der Waals surface area contributed by atoms with Crippen molar-refractivity contribution in [1.29, 1.82) is 0 Å². The molecule has 1 aromatic rings. The molecule has 0 aliphatic rings. The third kappa shape index (κ3) is 4.33. The second-order valence-corrected chi connectivity index (χ2v) is 4.06. The molecule has 0 aromatic heterocycles. The fourth-order valence-electron chi connectivity index (χ4n) is 1.58. The number of phenolic OH excluding ortho intramolecular Hbond substituents is 1. The van der Waals surface area contributed by atoms with E-state index in [2.05, 4.69) is 5.32 Å². The Balaban J connectivity index is 2.77. The van der Waals surface area contributed by atoms with E-state index in [4.69, 9.17) is 0 Å². The molecule has 6 heteroatoms. The third-order valence-electron chi connectivity index (χ3n) is 2.72. The first-order chi connectivity index (χ1) is 8.97. The van der Waals surface area contributed by atoms with E-state index in [1.54, 1.807) is 4.90 Å². The van der Waals surface area contributed by atoms with Crippen LogP contribution >= 0.6 is 0 Å². The van der Waals surface area contributed by atoms with Crippen molar-refractivity contribution >= 4 is 11.7 Å². The Kier molecular flexibility index (Phi) is 5.44. The van der Waals surface area contributed by atoms with Gasteiger partial charge in [0.1, 0.15) is 11.6 Å². The Morgan fingerprint density at radius 1 is 1.37 bits per heavy atom. The first-order valence-electron chi connectivity index (χ1n) is 5.92. The summed E-state index contributed by atoms with van der Waals surface area (Å²) in [6.07, 6.45) is 0. The highest BCUT2D eigenvalue weighted by Gasteiger charge is 2.17. The Morgan fingerprint density at radius 2 is 2.05 bits per heavy atom. The number of aromatic hydroxyl groups is 1. The molecule has 0 aliphatic heterocycles. The molecule has 19 heavy (non-hydrogen) atoms. The van der Waals surface area contributed by atoms with Gasteiger partial charge in [0.2, 0.25) is 5.91 Å². The number of halogens is 1. The largest absolute Gasteiger partial charge is 0.507 e. The fourth-order valence-corrected chi connectivity index (χ4v) is 1.58. The summed E-state index contributed by atoms with van der Waals surface area (Å²) in [7, 11) is 1.51. The number of carbonyl (C=O) groups is 2. The number of Topliss-reactive ketones (excluding diaryl/α,β-unsaturated/α-hetero) is 1. The van der Waals surface area contributed by atoms with Crippen LogP contribution < -0.4 is 5.32 Å². The number of nitrogens with zero attached hydrogens (tertiary/aromatic N) is 1. The monoisotopic (exact) mass is 268 g/mol. The number of hydrogen-bond acceptors (Lipinski definition) is 4. The Hall–Kier alpha value is -1.95. The van der Waals surface area contributed by atoms with Crippen LogP contribution in [-0.4, -0.2) is 48.4 Å². The average Bonchev–Trinajstić information content (AvgIpc) is 2.40. The number of rotatable bonds is 6. The van der Waals surface area contributed by atoms with E-state index in [-0.39, 0.29) is 30.3 Å². The number of carbonyl (C=O) groups excluding carboxylic acids is 2. The first-order valence-corrected chi connectivity index (χ1v) is 5.92. The Morgan fingerprint density at radius 3 is 2.63 bits per heavy atom. The molecule has 1 rings (SSSR count). The summed E-state index contributed by atoms with van der Waals surface area (Å²) in [4.78, 5) is 24.8. The minimum absolute atomic E-state index is 0.0546. The number of hydrogen-bond donors (Lipinski definition) is 2. The lowest BCUT2D eigenvalue weighted by molar-refractivity contribution is -0.121. The average molecular weight is 268 g/mol. The molecule has 0 fully saturated rings. The molecule has 104 valence electrons. The maximum absolute atomic E-state index is 13.1. The third-order valence-corrected chi connectivity index (χ3v) is 2.72. The van der Waals surface area contributed by atoms with Gasteiger partial charge in [-0.25, -0.2) is 4.39 Å². The molecule has 0 saturated heterocycles. The van der Waals surface area contributed by atoms with Crippen molar-refractivity contribution in [2.75, 3.05) is 26.7 Å². The van der Waals surface area contributed by atoms with Gasteiger partial charge in [0.15, 0.2) is 5.78 Å². The molecule has 0 unspecified atom stereocenters. The summed E-state index contributed by atoms with van der Waals surface area (Å²) in [5, 5.41) is 12.0. The normalized spacial score (nSPS) is 10.5. The molecule has 0 atom stereocenters. The molecule has 0 radical (unpaired) electrons. The van der Waals surface area contributed by atoms with Crippen molar-refractivity contribution in [2.24, 2.45) is 0 Å². The number of phenols is 1. The number of ketones is 1. The first kappa shape index (κ1) is 15.1. The molecule has 0 saturated carbocycles. The van der Waals surface area contributed by atoms with Crippen LogP contribution in [0.4, 0.5) is 4.39 Å². The maximum atomic E-state index is 13.1. The van der Waals surface area contributed by atoms with E-state index < -0.39 is 11.6 Å². The van der Waals surface area contributed by atoms with Crippen LogP contribution in [0.15, 0.2) is 18.2 Å². The number of likely N-dealkylation sites (N-methyl/N-ethyl adjacent to an activating group) is 2. The van der Waals surface area contributed by atoms with Crippen molar-refractivity contribution in [1.82, 2.24) is 10.2 Å². The summed E-state index contributed by atoms with van der Waals surface area (Å²) in [5.41, 5.74) is -0.0737. The van der Waals surface area contributed by atoms with E-state index in [1.807, 2.05) is 6.92 Å². The van der Waals surface area contributed by atoms with E-state index in [0.29, 0.717) is 6.54 Å². The molecule has 1 amide bonds. The Labute approximate surface area is 111 Å². The molecular formula is C13H17FN2O3. The van der Waals surface area contributed by atoms with Gasteiger partial charge in [0.25, 0.3) is 0 Å². The SMILES string of the molecule is CCN(CC(=O)NC)CC(=O)c1cc(F)ccc1O. The van der Waals surface area contributed by atoms with Crippen molar-refractivity contribution < 1.29 is 19.1 Å². The molecule has 1 aromatic carbocycles. The lowest BCUT2D eigenvalue weighted by Crippen LogP contribution is -2.38. The zero-order valence-electron chi connectivity index (χ0n) is 10.9. The predicted octanol–water partition coefficient (Wildman–Crippen LogP) is 0.782. The van der Waals surface area contributed by atoms with Gasteiger partial charge in [-0.1, -0.05) is 6.92 Å². The van der Waals surface area contributed by atoms with Crippen LogP contribution in [0.3, 0.4) is 0 Å². The van der Waals surface area contributed by atoms with Gasteiger partial charge in [-0.3, -0.25) is 14.5 Å². The van der Waals surface area contributed by atoms with Gasteiger partial charge in [-0.2, -0.15) is 0 Å². The van der Waals surface area contributed by atoms with E-state index in [9.17, 15) is 19.1 Å². The van der Waals surface area contributed by atoms with Crippen LogP contribution in [0.25, 0.3) is 0 Å². The summed E-state index contributed by atoms with van der Waals surface area (Å²) in [6.45, 7) is 2.33. The molecule has 5 nitrogen and oxygen atoms in total. The lowest BCUT2D eigenvalue weighted by atomic mass is 10.1. The number of nitrogens with one attached hydrogen (secondary N) is 1. The van der Waals surface area contributed by atoms with Crippen molar-refractivity contribution in [3.8, 4) is 5.75 Å². The smallest absolute Gasteiger partial charge is 0.233 e. The second-order valence-electron chi connectivity index (χ2n) is 4.06. The van der Waals surface area contributed by atoms with Crippen LogP contribution in [0.2, 0.25) is 0 Å². The standard InChI is InChI=1S/C13H17FN2O3/c1-3-16(8-13(19)15-2)7-12(18)10-6-9(14)4-5-11(10)17/h4-6,17H,3,7-8H2,1-2H3,(H,15,19). The number of amides is 1. The quantitative estimate of drug-likeness (QED) is 0.748. The van der Waals surface area contributed by atoms with Gasteiger partial charge in [0, 0.05) is 7.05 Å². The van der Waals surface area contributed by atoms with E-state index in [1.165, 1.54) is 7.05 Å². The number of benzene rings is 1. The minimum atomic E-state index is -0.588. The van der Waals surface area contributed by atoms with Gasteiger partial charge >= 0.3 is 0 Å². The van der Waals surface area contributed by atoms with Gasteiger partial charge < -0.3 is 10.4 Å². The van der Waals surface area contributed by atoms with Crippen molar-refractivity contribution in [3.05, 3.63) is 29.6 Å². The van der Waals surface area contributed by atoms with Crippen LogP contribution in [-0.2, 0) is 4.79 Å². The lowest BCUT2D eigenvalue weighted by Gasteiger charge is -2.18. The molecular weight excluding hydrogens is 251 g/mol. The van der Waals surface area contributed by atoms with Crippen LogP contribution in [0.1, 0.15) is 17.3 Å². The summed E-state index contributed by atoms with van der Waals surface area (Å²) < 4.78 is 13.1. The van der Waals surface area contributed by atoms with Crippen molar-refractivity contribution in [3.63, 3.8) is 0 Å². The van der Waals surface area contributed by atoms with Gasteiger partial charge in [-0.15, -0.1) is 0 Å². The zero-order valence-corrected chi connectivity index (χ0v) is 10.9. The van der Waals surface area contributed by atoms with Crippen LogP contribution in [0.5, 0.6) is 5.75 Å². The highest BCUT2D eigenvalue weighted by Crippen LogP contribution is 2.18. The zero-order chi connectivity index (χ0) is 14.4.